The maximum absolute atomic E-state index is 13.4. The van der Waals surface area contributed by atoms with Crippen molar-refractivity contribution in [2.24, 2.45) is 7.05 Å². The molecule has 0 bridgehead atoms. The van der Waals surface area contributed by atoms with Crippen molar-refractivity contribution in [3.05, 3.63) is 81.9 Å². The molecule has 0 unspecified atom stereocenters. The van der Waals surface area contributed by atoms with Crippen LogP contribution in [-0.2, 0) is 13.6 Å². The van der Waals surface area contributed by atoms with Gasteiger partial charge in [0.25, 0.3) is 11.5 Å². The molecule has 148 valence electrons. The predicted molar refractivity (Wildman–Crippen MR) is 114 cm³/mol. The Morgan fingerprint density at radius 2 is 1.83 bits per heavy atom. The van der Waals surface area contributed by atoms with Crippen molar-refractivity contribution in [1.82, 2.24) is 18.9 Å². The van der Waals surface area contributed by atoms with E-state index in [1.165, 1.54) is 4.40 Å². The Morgan fingerprint density at radius 1 is 1.10 bits per heavy atom. The molecule has 6 nitrogen and oxygen atoms in total. The molecule has 0 spiro atoms. The molecule has 0 saturated heterocycles. The number of aryl methyl sites for hydroxylation is 2. The summed E-state index contributed by atoms with van der Waals surface area (Å²) in [7, 11) is 1.79. The number of pyridine rings is 1. The van der Waals surface area contributed by atoms with E-state index < -0.39 is 0 Å². The first kappa shape index (κ1) is 18.9. The molecule has 0 saturated carbocycles. The van der Waals surface area contributed by atoms with Gasteiger partial charge in [0.1, 0.15) is 17.0 Å². The lowest BCUT2D eigenvalue weighted by Gasteiger charge is -2.27. The van der Waals surface area contributed by atoms with Gasteiger partial charge in [-0.1, -0.05) is 36.4 Å². The van der Waals surface area contributed by atoms with Crippen LogP contribution in [-0.4, -0.2) is 30.8 Å². The van der Waals surface area contributed by atoms with E-state index in [1.54, 1.807) is 23.9 Å². The van der Waals surface area contributed by atoms with Gasteiger partial charge in [-0.2, -0.15) is 0 Å². The number of amides is 1. The summed E-state index contributed by atoms with van der Waals surface area (Å²) in [6, 6.07) is 15.3. The summed E-state index contributed by atoms with van der Waals surface area (Å²) >= 11 is 0. The normalized spacial score (nSPS) is 11.5. The summed E-state index contributed by atoms with van der Waals surface area (Å²) in [5.41, 5.74) is 3.40. The fourth-order valence-electron chi connectivity index (χ4n) is 3.65. The Morgan fingerprint density at radius 3 is 2.52 bits per heavy atom. The number of carbonyl (C=O) groups excluding carboxylic acids is 1. The van der Waals surface area contributed by atoms with Gasteiger partial charge >= 0.3 is 0 Å². The quantitative estimate of drug-likeness (QED) is 0.537. The van der Waals surface area contributed by atoms with Gasteiger partial charge in [-0.05, 0) is 44.0 Å². The van der Waals surface area contributed by atoms with E-state index >= 15 is 0 Å². The highest BCUT2D eigenvalue weighted by molar-refractivity contribution is 5.98. The van der Waals surface area contributed by atoms with Gasteiger partial charge in [-0.15, -0.1) is 0 Å². The number of benzene rings is 1. The van der Waals surface area contributed by atoms with E-state index in [0.29, 0.717) is 28.9 Å². The minimum Gasteiger partial charge on any atom is -0.331 e. The molecule has 29 heavy (non-hydrogen) atoms. The summed E-state index contributed by atoms with van der Waals surface area (Å²) in [6.45, 7) is 6.41. The van der Waals surface area contributed by atoms with Crippen LogP contribution in [0.25, 0.3) is 16.7 Å². The zero-order valence-electron chi connectivity index (χ0n) is 17.1. The Hall–Kier alpha value is -3.41. The summed E-state index contributed by atoms with van der Waals surface area (Å²) in [6.07, 6.45) is 1.71. The van der Waals surface area contributed by atoms with Gasteiger partial charge in [0.2, 0.25) is 0 Å². The van der Waals surface area contributed by atoms with E-state index in [4.69, 9.17) is 0 Å². The largest absolute Gasteiger partial charge is 0.331 e. The number of carbonyl (C=O) groups is 1. The highest BCUT2D eigenvalue weighted by atomic mass is 16.2. The second-order valence-electron chi connectivity index (χ2n) is 7.64. The van der Waals surface area contributed by atoms with Crippen LogP contribution >= 0.6 is 0 Å². The van der Waals surface area contributed by atoms with Crippen molar-refractivity contribution in [2.45, 2.75) is 33.4 Å². The molecular weight excluding hydrogens is 364 g/mol. The Bertz CT molecular complexity index is 1270. The third-order valence-electron chi connectivity index (χ3n) is 5.32. The third-order valence-corrected chi connectivity index (χ3v) is 5.32. The monoisotopic (exact) mass is 388 g/mol. The third kappa shape index (κ3) is 3.20. The minimum absolute atomic E-state index is 0.0103. The molecule has 0 fully saturated rings. The molecule has 0 aliphatic heterocycles. The summed E-state index contributed by atoms with van der Waals surface area (Å²) in [4.78, 5) is 32.9. The molecule has 1 amide bonds. The lowest BCUT2D eigenvalue weighted by Crippen LogP contribution is -2.37. The van der Waals surface area contributed by atoms with Crippen LogP contribution < -0.4 is 5.56 Å². The van der Waals surface area contributed by atoms with E-state index in [2.05, 4.69) is 4.98 Å². The second kappa shape index (κ2) is 7.20. The highest BCUT2D eigenvalue weighted by Gasteiger charge is 2.24. The van der Waals surface area contributed by atoms with Gasteiger partial charge in [-0.3, -0.25) is 14.0 Å². The molecular formula is C23H24N4O2. The van der Waals surface area contributed by atoms with Crippen LogP contribution in [0, 0.1) is 6.92 Å². The van der Waals surface area contributed by atoms with Gasteiger partial charge in [0.15, 0.2) is 0 Å². The van der Waals surface area contributed by atoms with Gasteiger partial charge in [-0.25, -0.2) is 4.98 Å². The summed E-state index contributed by atoms with van der Waals surface area (Å²) < 4.78 is 3.27. The van der Waals surface area contributed by atoms with Crippen LogP contribution in [0.2, 0.25) is 0 Å². The Kier molecular flexibility index (Phi) is 4.70. The number of fused-ring (bicyclic) bond motifs is 2. The standard InChI is InChI=1S/C23H24N4O2/c1-15(2)27(14-17-10-6-5-7-11-17)23(29)19-13-18-21(25(19)4)24-20-16(3)9-8-12-26(20)22(18)28/h5-13,15H,14H2,1-4H3. The van der Waals surface area contributed by atoms with E-state index in [-0.39, 0.29) is 17.5 Å². The van der Waals surface area contributed by atoms with Crippen LogP contribution in [0.4, 0.5) is 0 Å². The van der Waals surface area contributed by atoms with Crippen molar-refractivity contribution in [3.63, 3.8) is 0 Å². The SMILES string of the molecule is Cc1cccn2c(=O)c3cc(C(=O)N(Cc4ccccc4)C(C)C)n(C)c3nc12. The predicted octanol–water partition coefficient (Wildman–Crippen LogP) is 3.55. The molecule has 4 rings (SSSR count). The fraction of sp³-hybridized carbons (Fsp3) is 0.261. The first-order valence-electron chi connectivity index (χ1n) is 9.70. The average Bonchev–Trinajstić information content (AvgIpc) is 3.04. The molecule has 0 aliphatic rings. The van der Waals surface area contributed by atoms with Crippen molar-refractivity contribution in [2.75, 3.05) is 0 Å². The van der Waals surface area contributed by atoms with Gasteiger partial charge < -0.3 is 9.47 Å². The van der Waals surface area contributed by atoms with Crippen LogP contribution in [0.1, 0.15) is 35.5 Å². The molecule has 6 heteroatoms. The van der Waals surface area contributed by atoms with Crippen molar-refractivity contribution >= 4 is 22.6 Å². The zero-order chi connectivity index (χ0) is 20.7. The fourth-order valence-corrected chi connectivity index (χ4v) is 3.65. The second-order valence-corrected chi connectivity index (χ2v) is 7.64. The number of hydrogen-bond donors (Lipinski definition) is 0. The number of hydrogen-bond acceptors (Lipinski definition) is 3. The van der Waals surface area contributed by atoms with Crippen LogP contribution in [0.5, 0.6) is 0 Å². The molecule has 0 radical (unpaired) electrons. The Balaban J connectivity index is 1.84. The van der Waals surface area contributed by atoms with Gasteiger partial charge in [0.05, 0.1) is 5.39 Å². The maximum Gasteiger partial charge on any atom is 0.271 e. The first-order valence-corrected chi connectivity index (χ1v) is 9.70. The molecule has 3 heterocycles. The summed E-state index contributed by atoms with van der Waals surface area (Å²) in [5, 5.41) is 0.447. The number of aromatic nitrogens is 3. The molecule has 0 aliphatic carbocycles. The Labute approximate surface area is 169 Å². The molecule has 3 aromatic heterocycles. The topological polar surface area (TPSA) is 59.6 Å². The van der Waals surface area contributed by atoms with E-state index in [9.17, 15) is 9.59 Å². The number of nitrogens with zero attached hydrogens (tertiary/aromatic N) is 4. The smallest absolute Gasteiger partial charge is 0.271 e. The highest BCUT2D eigenvalue weighted by Crippen LogP contribution is 2.20. The lowest BCUT2D eigenvalue weighted by molar-refractivity contribution is 0.0681. The molecule has 1 aromatic carbocycles. The van der Waals surface area contributed by atoms with Crippen LogP contribution in [0.15, 0.2) is 59.5 Å². The van der Waals surface area contributed by atoms with Crippen LogP contribution in [0.3, 0.4) is 0 Å². The molecule has 0 N–H and O–H groups in total. The minimum atomic E-state index is -0.164. The number of rotatable bonds is 4. The average molecular weight is 388 g/mol. The van der Waals surface area contributed by atoms with Crippen molar-refractivity contribution in [3.8, 4) is 0 Å². The zero-order valence-corrected chi connectivity index (χ0v) is 17.1. The lowest BCUT2D eigenvalue weighted by atomic mass is 10.1. The summed E-state index contributed by atoms with van der Waals surface area (Å²) in [5.74, 6) is -0.116. The molecule has 4 aromatic rings. The van der Waals surface area contributed by atoms with Crippen molar-refractivity contribution < 1.29 is 4.79 Å². The van der Waals surface area contributed by atoms with Crippen molar-refractivity contribution in [1.29, 1.82) is 0 Å². The first-order chi connectivity index (χ1) is 13.9. The van der Waals surface area contributed by atoms with E-state index in [1.807, 2.05) is 68.1 Å². The maximum atomic E-state index is 13.4. The van der Waals surface area contributed by atoms with Gasteiger partial charge in [0, 0.05) is 25.8 Å². The molecule has 0 atom stereocenters. The van der Waals surface area contributed by atoms with E-state index in [0.717, 1.165) is 11.1 Å².